The van der Waals surface area contributed by atoms with Crippen molar-refractivity contribution in [2.75, 3.05) is 24.1 Å². The summed E-state index contributed by atoms with van der Waals surface area (Å²) in [6.07, 6.45) is 3.32. The Bertz CT molecular complexity index is 458. The van der Waals surface area contributed by atoms with Gasteiger partial charge in [0.2, 0.25) is 5.91 Å². The fourth-order valence-electron chi connectivity index (χ4n) is 2.35. The smallest absolute Gasteiger partial charge is 0.244 e. The van der Waals surface area contributed by atoms with Gasteiger partial charge in [-0.1, -0.05) is 0 Å². The number of rotatable bonds is 3. The second kappa shape index (κ2) is 5.91. The fraction of sp³-hybridized carbons (Fsp3) is 0.500. The molecule has 1 aromatic carbocycles. The summed E-state index contributed by atoms with van der Waals surface area (Å²) < 4.78 is 13.0. The lowest BCUT2D eigenvalue weighted by molar-refractivity contribution is -0.132. The van der Waals surface area contributed by atoms with Gasteiger partial charge in [-0.05, 0) is 44.4 Å². The maximum Gasteiger partial charge on any atom is 0.244 e. The van der Waals surface area contributed by atoms with Crippen molar-refractivity contribution in [2.45, 2.75) is 32.2 Å². The molecule has 1 heterocycles. The summed E-state index contributed by atoms with van der Waals surface area (Å²) in [4.78, 5) is 14.1. The molecule has 1 amide bonds. The van der Waals surface area contributed by atoms with Gasteiger partial charge in [-0.2, -0.15) is 0 Å². The molecular weight excluding hydrogens is 245 g/mol. The molecule has 0 aromatic heterocycles. The number of amides is 1. The van der Waals surface area contributed by atoms with Crippen molar-refractivity contribution in [3.05, 3.63) is 24.0 Å². The molecule has 1 fully saturated rings. The Kier molecular flexibility index (Phi) is 4.24. The van der Waals surface area contributed by atoms with E-state index in [0.717, 1.165) is 25.9 Å². The highest BCUT2D eigenvalue weighted by molar-refractivity contribution is 5.85. The Morgan fingerprint density at radius 3 is 2.68 bits per heavy atom. The van der Waals surface area contributed by atoms with Gasteiger partial charge in [-0.25, -0.2) is 4.39 Å². The van der Waals surface area contributed by atoms with Crippen molar-refractivity contribution in [3.8, 4) is 0 Å². The number of carbonyl (C=O) groups is 1. The number of carbonyl (C=O) groups excluding carboxylic acids is 1. The number of benzene rings is 1. The van der Waals surface area contributed by atoms with Crippen LogP contribution in [0.4, 0.5) is 15.8 Å². The van der Waals surface area contributed by atoms with Gasteiger partial charge < -0.3 is 16.0 Å². The highest BCUT2D eigenvalue weighted by Crippen LogP contribution is 2.20. The molecule has 1 aromatic rings. The number of nitrogen functional groups attached to an aromatic ring is 1. The number of anilines is 2. The molecule has 1 unspecified atom stereocenters. The molecule has 104 valence electrons. The molecule has 1 saturated heterocycles. The Balaban J connectivity index is 1.99. The lowest BCUT2D eigenvalue weighted by Crippen LogP contribution is -2.43. The quantitative estimate of drug-likeness (QED) is 0.824. The molecule has 0 saturated carbocycles. The summed E-state index contributed by atoms with van der Waals surface area (Å²) in [6, 6.07) is 3.79. The Labute approximate surface area is 112 Å². The van der Waals surface area contributed by atoms with Gasteiger partial charge in [0.1, 0.15) is 11.9 Å². The first kappa shape index (κ1) is 13.6. The van der Waals surface area contributed by atoms with Crippen LogP contribution in [0.5, 0.6) is 0 Å². The lowest BCUT2D eigenvalue weighted by Gasteiger charge is -2.30. The van der Waals surface area contributed by atoms with E-state index in [0.29, 0.717) is 11.4 Å². The zero-order chi connectivity index (χ0) is 13.8. The molecule has 0 spiro atoms. The average Bonchev–Trinajstić information content (AvgIpc) is 2.42. The largest absolute Gasteiger partial charge is 0.397 e. The molecule has 4 nitrogen and oxygen atoms in total. The lowest BCUT2D eigenvalue weighted by atomic mass is 10.1. The highest BCUT2D eigenvalue weighted by Gasteiger charge is 2.22. The first-order chi connectivity index (χ1) is 9.08. The third-order valence-electron chi connectivity index (χ3n) is 3.42. The topological polar surface area (TPSA) is 58.4 Å². The van der Waals surface area contributed by atoms with Crippen LogP contribution in [0.2, 0.25) is 0 Å². The van der Waals surface area contributed by atoms with Crippen molar-refractivity contribution >= 4 is 17.3 Å². The molecule has 1 aliphatic heterocycles. The maximum absolute atomic E-state index is 13.0. The predicted molar refractivity (Wildman–Crippen MR) is 74.3 cm³/mol. The molecule has 19 heavy (non-hydrogen) atoms. The van der Waals surface area contributed by atoms with Crippen LogP contribution >= 0.6 is 0 Å². The Morgan fingerprint density at radius 2 is 2.05 bits per heavy atom. The highest BCUT2D eigenvalue weighted by atomic mass is 19.1. The first-order valence-electron chi connectivity index (χ1n) is 6.68. The molecule has 5 heteroatoms. The van der Waals surface area contributed by atoms with Gasteiger partial charge in [-0.3, -0.25) is 4.79 Å². The van der Waals surface area contributed by atoms with Crippen molar-refractivity contribution in [2.24, 2.45) is 0 Å². The zero-order valence-corrected chi connectivity index (χ0v) is 11.2. The fourth-order valence-corrected chi connectivity index (χ4v) is 2.35. The molecule has 1 aliphatic rings. The zero-order valence-electron chi connectivity index (χ0n) is 11.2. The van der Waals surface area contributed by atoms with Crippen LogP contribution < -0.4 is 11.1 Å². The van der Waals surface area contributed by atoms with Crippen LogP contribution in [0.25, 0.3) is 0 Å². The van der Waals surface area contributed by atoms with E-state index < -0.39 is 0 Å². The number of likely N-dealkylation sites (tertiary alicyclic amines) is 1. The summed E-state index contributed by atoms with van der Waals surface area (Å²) in [5.41, 5.74) is 6.64. The number of hydrogen-bond donors (Lipinski definition) is 2. The van der Waals surface area contributed by atoms with Gasteiger partial charge >= 0.3 is 0 Å². The normalized spacial score (nSPS) is 17.1. The number of piperidine rings is 1. The standard InChI is InChI=1S/C14H20FN3O/c1-10(14(19)18-7-3-2-4-8-18)17-13-6-5-11(15)9-12(13)16/h5-6,9-10,17H,2-4,7-8,16H2,1H3. The first-order valence-corrected chi connectivity index (χ1v) is 6.68. The van der Waals surface area contributed by atoms with Crippen LogP contribution in [-0.4, -0.2) is 29.9 Å². The molecule has 0 bridgehead atoms. The van der Waals surface area contributed by atoms with Crippen LogP contribution in [0.1, 0.15) is 26.2 Å². The summed E-state index contributed by atoms with van der Waals surface area (Å²) in [5.74, 6) is -0.304. The van der Waals surface area contributed by atoms with E-state index in [2.05, 4.69) is 5.32 Å². The minimum Gasteiger partial charge on any atom is -0.397 e. The molecular formula is C14H20FN3O. The Morgan fingerprint density at radius 1 is 1.37 bits per heavy atom. The van der Waals surface area contributed by atoms with Crippen LogP contribution in [0, 0.1) is 5.82 Å². The van der Waals surface area contributed by atoms with Crippen LogP contribution in [0.3, 0.4) is 0 Å². The van der Waals surface area contributed by atoms with E-state index in [9.17, 15) is 9.18 Å². The molecule has 0 aliphatic carbocycles. The number of halogens is 1. The van der Waals surface area contributed by atoms with Gasteiger partial charge in [0.15, 0.2) is 0 Å². The van der Waals surface area contributed by atoms with Gasteiger partial charge in [0.05, 0.1) is 11.4 Å². The van der Waals surface area contributed by atoms with Crippen molar-refractivity contribution in [1.29, 1.82) is 0 Å². The number of nitrogens with two attached hydrogens (primary N) is 1. The number of hydrogen-bond acceptors (Lipinski definition) is 3. The summed E-state index contributed by atoms with van der Waals surface area (Å²) >= 11 is 0. The summed E-state index contributed by atoms with van der Waals surface area (Å²) in [7, 11) is 0. The average molecular weight is 265 g/mol. The van der Waals surface area contributed by atoms with Crippen LogP contribution in [0.15, 0.2) is 18.2 Å². The minimum atomic E-state index is -0.377. The van der Waals surface area contributed by atoms with Gasteiger partial charge in [0.25, 0.3) is 0 Å². The van der Waals surface area contributed by atoms with E-state index >= 15 is 0 Å². The van der Waals surface area contributed by atoms with E-state index in [4.69, 9.17) is 5.73 Å². The van der Waals surface area contributed by atoms with Crippen molar-refractivity contribution < 1.29 is 9.18 Å². The van der Waals surface area contributed by atoms with E-state index in [1.54, 1.807) is 13.0 Å². The second-order valence-corrected chi connectivity index (χ2v) is 4.98. The van der Waals surface area contributed by atoms with Gasteiger partial charge in [-0.15, -0.1) is 0 Å². The van der Waals surface area contributed by atoms with Gasteiger partial charge in [0, 0.05) is 13.1 Å². The third-order valence-corrected chi connectivity index (χ3v) is 3.42. The third kappa shape index (κ3) is 3.36. The second-order valence-electron chi connectivity index (χ2n) is 4.98. The molecule has 2 rings (SSSR count). The molecule has 3 N–H and O–H groups in total. The Hall–Kier alpha value is -1.78. The molecule has 1 atom stereocenters. The number of nitrogens with one attached hydrogen (secondary N) is 1. The predicted octanol–water partition coefficient (Wildman–Crippen LogP) is 2.22. The molecule has 0 radical (unpaired) electrons. The minimum absolute atomic E-state index is 0.0726. The maximum atomic E-state index is 13.0. The van der Waals surface area contributed by atoms with E-state index in [1.165, 1.54) is 18.6 Å². The summed E-state index contributed by atoms with van der Waals surface area (Å²) in [6.45, 7) is 3.45. The van der Waals surface area contributed by atoms with E-state index in [-0.39, 0.29) is 17.8 Å². The monoisotopic (exact) mass is 265 g/mol. The van der Waals surface area contributed by atoms with Crippen molar-refractivity contribution in [1.82, 2.24) is 4.90 Å². The van der Waals surface area contributed by atoms with Crippen molar-refractivity contribution in [3.63, 3.8) is 0 Å². The number of nitrogens with zero attached hydrogens (tertiary/aromatic N) is 1. The summed E-state index contributed by atoms with van der Waals surface area (Å²) in [5, 5.41) is 3.05. The van der Waals surface area contributed by atoms with E-state index in [1.807, 2.05) is 4.90 Å². The van der Waals surface area contributed by atoms with Crippen LogP contribution in [-0.2, 0) is 4.79 Å². The SMILES string of the molecule is CC(Nc1ccc(F)cc1N)C(=O)N1CCCCC1.